The van der Waals surface area contributed by atoms with E-state index in [2.05, 4.69) is 4.90 Å². The number of nitrogens with two attached hydrogens (primary N) is 1. The largest absolute Gasteiger partial charge is 0.399 e. The van der Waals surface area contributed by atoms with Crippen LogP contribution in [0.15, 0.2) is 18.2 Å². The van der Waals surface area contributed by atoms with Gasteiger partial charge in [0.15, 0.2) is 0 Å². The van der Waals surface area contributed by atoms with Crippen molar-refractivity contribution in [3.05, 3.63) is 29.6 Å². The summed E-state index contributed by atoms with van der Waals surface area (Å²) in [7, 11) is 0. The van der Waals surface area contributed by atoms with E-state index in [1.54, 1.807) is 6.07 Å². The summed E-state index contributed by atoms with van der Waals surface area (Å²) in [4.78, 5) is 2.42. The Morgan fingerprint density at radius 2 is 2.25 bits per heavy atom. The molecule has 3 heteroatoms. The van der Waals surface area contributed by atoms with Gasteiger partial charge in [-0.2, -0.15) is 0 Å². The average molecular weight is 220 g/mol. The number of nitrogens with zero attached hydrogens (tertiary/aromatic N) is 1. The van der Waals surface area contributed by atoms with Gasteiger partial charge >= 0.3 is 0 Å². The smallest absolute Gasteiger partial charge is 0.129 e. The van der Waals surface area contributed by atoms with E-state index in [1.807, 2.05) is 6.07 Å². The molecule has 2 nitrogen and oxygen atoms in total. The van der Waals surface area contributed by atoms with Gasteiger partial charge < -0.3 is 5.73 Å². The second kappa shape index (κ2) is 3.74. The Labute approximate surface area is 95.2 Å². The van der Waals surface area contributed by atoms with E-state index in [4.69, 9.17) is 5.73 Å². The summed E-state index contributed by atoms with van der Waals surface area (Å²) in [5, 5.41) is 0. The molecule has 1 aromatic carbocycles. The first-order valence-electron chi connectivity index (χ1n) is 6.00. The van der Waals surface area contributed by atoms with Gasteiger partial charge in [-0.05, 0) is 37.3 Å². The first-order valence-corrected chi connectivity index (χ1v) is 6.00. The monoisotopic (exact) mass is 220 g/mol. The molecule has 2 N–H and O–H groups in total. The summed E-state index contributed by atoms with van der Waals surface area (Å²) in [5.41, 5.74) is 6.83. The lowest BCUT2D eigenvalue weighted by atomic mass is 10.1. The minimum Gasteiger partial charge on any atom is -0.399 e. The Bertz CT molecular complexity index is 405. The molecule has 1 saturated carbocycles. The minimum absolute atomic E-state index is 0.164. The molecule has 0 aromatic heterocycles. The number of hydrogen-bond donors (Lipinski definition) is 1. The summed E-state index contributed by atoms with van der Waals surface area (Å²) >= 11 is 0. The first kappa shape index (κ1) is 10.1. The number of halogens is 1. The Morgan fingerprint density at radius 1 is 1.38 bits per heavy atom. The van der Waals surface area contributed by atoms with Crippen molar-refractivity contribution in [2.75, 3.05) is 12.3 Å². The van der Waals surface area contributed by atoms with E-state index >= 15 is 0 Å². The standard InChI is InChI=1S/C13H17FN2/c14-13-6-11(15)3-2-10(13)8-16-7-9-1-4-12(16)5-9/h2-3,6,9,12H,1,4-5,7-8,15H2. The van der Waals surface area contributed by atoms with Gasteiger partial charge in [-0.25, -0.2) is 4.39 Å². The molecule has 2 atom stereocenters. The van der Waals surface area contributed by atoms with Gasteiger partial charge in [0.05, 0.1) is 0 Å². The maximum Gasteiger partial charge on any atom is 0.129 e. The number of benzene rings is 1. The molecule has 1 aliphatic carbocycles. The highest BCUT2D eigenvalue weighted by atomic mass is 19.1. The third-order valence-corrected chi connectivity index (χ3v) is 3.97. The zero-order valence-electron chi connectivity index (χ0n) is 9.32. The molecule has 0 spiro atoms. The van der Waals surface area contributed by atoms with Crippen molar-refractivity contribution in [3.63, 3.8) is 0 Å². The van der Waals surface area contributed by atoms with Gasteiger partial charge in [0.1, 0.15) is 5.82 Å². The predicted molar refractivity (Wildman–Crippen MR) is 62.4 cm³/mol. The molecule has 2 unspecified atom stereocenters. The fraction of sp³-hybridized carbons (Fsp3) is 0.538. The quantitative estimate of drug-likeness (QED) is 0.775. The van der Waals surface area contributed by atoms with Crippen LogP contribution in [0.5, 0.6) is 0 Å². The van der Waals surface area contributed by atoms with E-state index < -0.39 is 0 Å². The van der Waals surface area contributed by atoms with Crippen LogP contribution in [0.4, 0.5) is 10.1 Å². The van der Waals surface area contributed by atoms with Crippen LogP contribution in [0, 0.1) is 11.7 Å². The SMILES string of the molecule is Nc1ccc(CN2CC3CCC2C3)c(F)c1. The molecule has 0 amide bonds. The lowest BCUT2D eigenvalue weighted by Crippen LogP contribution is -2.31. The molecular formula is C13H17FN2. The molecule has 1 saturated heterocycles. The number of rotatable bonds is 2. The molecule has 2 fully saturated rings. The Morgan fingerprint density at radius 3 is 2.88 bits per heavy atom. The second-order valence-electron chi connectivity index (χ2n) is 5.11. The van der Waals surface area contributed by atoms with Crippen LogP contribution >= 0.6 is 0 Å². The lowest BCUT2D eigenvalue weighted by molar-refractivity contribution is 0.203. The minimum atomic E-state index is -0.164. The van der Waals surface area contributed by atoms with Crippen LogP contribution in [0.1, 0.15) is 24.8 Å². The Kier molecular flexibility index (Phi) is 2.36. The van der Waals surface area contributed by atoms with Crippen LogP contribution < -0.4 is 5.73 Å². The van der Waals surface area contributed by atoms with E-state index in [0.717, 1.165) is 24.6 Å². The van der Waals surface area contributed by atoms with E-state index in [0.29, 0.717) is 11.7 Å². The number of nitrogen functional groups attached to an aromatic ring is 1. The average Bonchev–Trinajstić information content (AvgIpc) is 2.84. The number of hydrogen-bond acceptors (Lipinski definition) is 2. The topological polar surface area (TPSA) is 29.3 Å². The highest BCUT2D eigenvalue weighted by molar-refractivity contribution is 5.40. The zero-order valence-corrected chi connectivity index (χ0v) is 9.32. The molecular weight excluding hydrogens is 203 g/mol. The number of anilines is 1. The van der Waals surface area contributed by atoms with Crippen molar-refractivity contribution in [2.24, 2.45) is 5.92 Å². The van der Waals surface area contributed by atoms with Crippen LogP contribution in [0.25, 0.3) is 0 Å². The number of piperidine rings is 1. The van der Waals surface area contributed by atoms with E-state index in [-0.39, 0.29) is 5.82 Å². The fourth-order valence-corrected chi connectivity index (χ4v) is 3.13. The second-order valence-corrected chi connectivity index (χ2v) is 5.11. The summed E-state index contributed by atoms with van der Waals surface area (Å²) < 4.78 is 13.6. The van der Waals surface area contributed by atoms with Gasteiger partial charge in [0.2, 0.25) is 0 Å². The normalized spacial score (nSPS) is 28.8. The van der Waals surface area contributed by atoms with Crippen LogP contribution in [0.2, 0.25) is 0 Å². The van der Waals surface area contributed by atoms with Gasteiger partial charge in [0.25, 0.3) is 0 Å². The molecule has 1 aliphatic heterocycles. The molecule has 16 heavy (non-hydrogen) atoms. The van der Waals surface area contributed by atoms with Crippen molar-refractivity contribution in [1.29, 1.82) is 0 Å². The van der Waals surface area contributed by atoms with Gasteiger partial charge in [-0.1, -0.05) is 6.07 Å². The van der Waals surface area contributed by atoms with Crippen molar-refractivity contribution < 1.29 is 4.39 Å². The summed E-state index contributed by atoms with van der Waals surface area (Å²) in [6, 6.07) is 5.72. The van der Waals surface area contributed by atoms with Crippen LogP contribution in [0.3, 0.4) is 0 Å². The molecule has 0 radical (unpaired) electrons. The third-order valence-electron chi connectivity index (χ3n) is 3.97. The molecule has 86 valence electrons. The summed E-state index contributed by atoms with van der Waals surface area (Å²) in [6.45, 7) is 1.89. The molecule has 1 aromatic rings. The number of likely N-dealkylation sites (tertiary alicyclic amines) is 1. The van der Waals surface area contributed by atoms with Crippen molar-refractivity contribution in [3.8, 4) is 0 Å². The van der Waals surface area contributed by atoms with Gasteiger partial charge in [0, 0.05) is 30.4 Å². The summed E-state index contributed by atoms with van der Waals surface area (Å²) in [5.74, 6) is 0.699. The first-order chi connectivity index (χ1) is 7.72. The number of fused-ring (bicyclic) bond motifs is 2. The predicted octanol–water partition coefficient (Wildman–Crippen LogP) is 2.39. The molecule has 3 rings (SSSR count). The zero-order chi connectivity index (χ0) is 11.1. The van der Waals surface area contributed by atoms with Crippen molar-refractivity contribution in [2.45, 2.75) is 31.8 Å². The molecule has 2 aliphatic rings. The highest BCUT2D eigenvalue weighted by Crippen LogP contribution is 2.38. The molecule has 2 bridgehead atoms. The van der Waals surface area contributed by atoms with Gasteiger partial charge in [-0.3, -0.25) is 4.90 Å². The third kappa shape index (κ3) is 1.69. The summed E-state index contributed by atoms with van der Waals surface area (Å²) in [6.07, 6.45) is 3.98. The van der Waals surface area contributed by atoms with Crippen LogP contribution in [-0.4, -0.2) is 17.5 Å². The highest BCUT2D eigenvalue weighted by Gasteiger charge is 2.37. The van der Waals surface area contributed by atoms with Crippen molar-refractivity contribution in [1.82, 2.24) is 4.90 Å². The van der Waals surface area contributed by atoms with Crippen molar-refractivity contribution >= 4 is 5.69 Å². The lowest BCUT2D eigenvalue weighted by Gasteiger charge is -2.26. The molecule has 1 heterocycles. The van der Waals surface area contributed by atoms with Crippen LogP contribution in [-0.2, 0) is 6.54 Å². The maximum atomic E-state index is 13.6. The van der Waals surface area contributed by atoms with Gasteiger partial charge in [-0.15, -0.1) is 0 Å². The maximum absolute atomic E-state index is 13.6. The Balaban J connectivity index is 1.74. The Hall–Kier alpha value is -1.09. The van der Waals surface area contributed by atoms with E-state index in [9.17, 15) is 4.39 Å². The fourth-order valence-electron chi connectivity index (χ4n) is 3.13. The van der Waals surface area contributed by atoms with E-state index in [1.165, 1.54) is 25.3 Å².